The van der Waals surface area contributed by atoms with E-state index in [0.717, 1.165) is 11.3 Å². The number of nitrogens with one attached hydrogen (secondary N) is 1. The molecule has 17 heavy (non-hydrogen) atoms. The van der Waals surface area contributed by atoms with E-state index in [9.17, 15) is 0 Å². The summed E-state index contributed by atoms with van der Waals surface area (Å²) < 4.78 is 0. The second kappa shape index (κ2) is 6.26. The largest absolute Gasteiger partial charge is 0.307 e. The van der Waals surface area contributed by atoms with Gasteiger partial charge in [0, 0.05) is 22.2 Å². The van der Waals surface area contributed by atoms with Crippen molar-refractivity contribution in [1.82, 2.24) is 5.32 Å². The van der Waals surface area contributed by atoms with Gasteiger partial charge in [-0.2, -0.15) is 11.8 Å². The molecule has 1 heterocycles. The predicted octanol–water partition coefficient (Wildman–Crippen LogP) is 4.38. The molecule has 96 valence electrons. The molecular weight excluding hydrogens is 246 g/mol. The molecule has 0 amide bonds. The zero-order chi connectivity index (χ0) is 12.3. The van der Waals surface area contributed by atoms with Crippen molar-refractivity contribution >= 4 is 23.1 Å². The number of thiophene rings is 1. The van der Waals surface area contributed by atoms with Gasteiger partial charge in [-0.3, -0.25) is 0 Å². The van der Waals surface area contributed by atoms with E-state index in [-0.39, 0.29) is 0 Å². The summed E-state index contributed by atoms with van der Waals surface area (Å²) in [6.45, 7) is 4.52. The van der Waals surface area contributed by atoms with Gasteiger partial charge in [0.25, 0.3) is 0 Å². The maximum absolute atomic E-state index is 3.82. The third-order valence-corrected chi connectivity index (χ3v) is 6.04. The van der Waals surface area contributed by atoms with Crippen LogP contribution in [0.2, 0.25) is 0 Å². The van der Waals surface area contributed by atoms with E-state index >= 15 is 0 Å². The fourth-order valence-corrected chi connectivity index (χ4v) is 4.54. The van der Waals surface area contributed by atoms with Gasteiger partial charge in [0.15, 0.2) is 0 Å². The van der Waals surface area contributed by atoms with Crippen LogP contribution in [-0.2, 0) is 0 Å². The normalized spacial score (nSPS) is 27.0. The molecule has 3 unspecified atom stereocenters. The molecule has 1 saturated carbocycles. The van der Waals surface area contributed by atoms with Crippen LogP contribution in [-0.4, -0.2) is 17.5 Å². The van der Waals surface area contributed by atoms with Crippen LogP contribution in [0, 0.1) is 6.92 Å². The fourth-order valence-electron chi connectivity index (χ4n) is 2.77. The highest BCUT2D eigenvalue weighted by Gasteiger charge is 2.23. The summed E-state index contributed by atoms with van der Waals surface area (Å²) in [5, 5.41) is 6.90. The molecule has 1 aliphatic carbocycles. The van der Waals surface area contributed by atoms with Crippen molar-refractivity contribution in [2.75, 3.05) is 6.26 Å². The lowest BCUT2D eigenvalue weighted by atomic mass is 9.94. The van der Waals surface area contributed by atoms with Crippen LogP contribution in [0.3, 0.4) is 0 Å². The van der Waals surface area contributed by atoms with Crippen LogP contribution in [0.15, 0.2) is 11.4 Å². The average Bonchev–Trinajstić information content (AvgIpc) is 2.76. The van der Waals surface area contributed by atoms with Crippen molar-refractivity contribution in [2.24, 2.45) is 0 Å². The first-order valence-corrected chi connectivity index (χ1v) is 8.70. The molecule has 1 fully saturated rings. The van der Waals surface area contributed by atoms with Crippen LogP contribution >= 0.6 is 23.1 Å². The number of aryl methyl sites for hydroxylation is 1. The van der Waals surface area contributed by atoms with Crippen molar-refractivity contribution in [2.45, 2.75) is 56.9 Å². The number of hydrogen-bond acceptors (Lipinski definition) is 3. The zero-order valence-electron chi connectivity index (χ0n) is 11.0. The average molecular weight is 269 g/mol. The molecule has 0 saturated heterocycles. The molecule has 1 N–H and O–H groups in total. The minimum absolute atomic E-state index is 0.514. The molecule has 0 radical (unpaired) electrons. The lowest BCUT2D eigenvalue weighted by molar-refractivity contribution is 0.354. The Morgan fingerprint density at radius 2 is 2.29 bits per heavy atom. The molecule has 1 aromatic heterocycles. The smallest absolute Gasteiger partial charge is 0.0390 e. The Labute approximate surface area is 113 Å². The van der Waals surface area contributed by atoms with Gasteiger partial charge in [0.1, 0.15) is 0 Å². The Kier molecular flexibility index (Phi) is 4.95. The SMILES string of the molecule is CSC1CCCC(NC(C)c2sccc2C)C1. The number of rotatable bonds is 4. The molecule has 2 rings (SSSR count). The summed E-state index contributed by atoms with van der Waals surface area (Å²) in [4.78, 5) is 1.51. The molecule has 3 heteroatoms. The topological polar surface area (TPSA) is 12.0 Å². The molecule has 1 aromatic rings. The monoisotopic (exact) mass is 269 g/mol. The molecule has 0 aromatic carbocycles. The predicted molar refractivity (Wildman–Crippen MR) is 80.2 cm³/mol. The first-order chi connectivity index (χ1) is 8.20. The molecular formula is C14H23NS2. The first kappa shape index (κ1) is 13.4. The Morgan fingerprint density at radius 1 is 1.47 bits per heavy atom. The molecule has 1 nitrogen and oxygen atoms in total. The molecule has 3 atom stereocenters. The van der Waals surface area contributed by atoms with Gasteiger partial charge in [0.2, 0.25) is 0 Å². The van der Waals surface area contributed by atoms with Crippen LogP contribution in [0.4, 0.5) is 0 Å². The Balaban J connectivity index is 1.90. The molecule has 0 spiro atoms. The van der Waals surface area contributed by atoms with Crippen molar-refractivity contribution in [3.63, 3.8) is 0 Å². The van der Waals surface area contributed by atoms with E-state index in [2.05, 4.69) is 36.9 Å². The summed E-state index contributed by atoms with van der Waals surface area (Å²) >= 11 is 3.92. The van der Waals surface area contributed by atoms with E-state index in [1.165, 1.54) is 36.1 Å². The van der Waals surface area contributed by atoms with Gasteiger partial charge >= 0.3 is 0 Å². The van der Waals surface area contributed by atoms with Gasteiger partial charge < -0.3 is 5.32 Å². The van der Waals surface area contributed by atoms with Gasteiger partial charge in [-0.05, 0) is 56.4 Å². The van der Waals surface area contributed by atoms with Gasteiger partial charge in [-0.15, -0.1) is 11.3 Å². The van der Waals surface area contributed by atoms with E-state index in [1.807, 2.05) is 23.1 Å². The minimum atomic E-state index is 0.514. The van der Waals surface area contributed by atoms with E-state index in [4.69, 9.17) is 0 Å². The lowest BCUT2D eigenvalue weighted by Gasteiger charge is -2.31. The molecule has 0 bridgehead atoms. The van der Waals surface area contributed by atoms with Crippen LogP contribution in [0.25, 0.3) is 0 Å². The third kappa shape index (κ3) is 3.49. The quantitative estimate of drug-likeness (QED) is 0.870. The van der Waals surface area contributed by atoms with E-state index in [0.29, 0.717) is 6.04 Å². The maximum Gasteiger partial charge on any atom is 0.0390 e. The van der Waals surface area contributed by atoms with Gasteiger partial charge in [-0.25, -0.2) is 0 Å². The minimum Gasteiger partial charge on any atom is -0.307 e. The summed E-state index contributed by atoms with van der Waals surface area (Å²) in [6, 6.07) is 3.46. The molecule has 1 aliphatic rings. The summed E-state index contributed by atoms with van der Waals surface area (Å²) in [5.41, 5.74) is 1.44. The highest BCUT2D eigenvalue weighted by Crippen LogP contribution is 2.30. The second-order valence-corrected chi connectivity index (χ2v) is 7.16. The van der Waals surface area contributed by atoms with E-state index in [1.54, 1.807) is 0 Å². The second-order valence-electron chi connectivity index (χ2n) is 5.08. The Hall–Kier alpha value is 0.0100. The zero-order valence-corrected chi connectivity index (χ0v) is 12.7. The van der Waals surface area contributed by atoms with E-state index < -0.39 is 0 Å². The number of hydrogen-bond donors (Lipinski definition) is 1. The van der Waals surface area contributed by atoms with Crippen molar-refractivity contribution < 1.29 is 0 Å². The fraction of sp³-hybridized carbons (Fsp3) is 0.714. The maximum atomic E-state index is 3.82. The van der Waals surface area contributed by atoms with Gasteiger partial charge in [0.05, 0.1) is 0 Å². The van der Waals surface area contributed by atoms with Gasteiger partial charge in [-0.1, -0.05) is 6.42 Å². The van der Waals surface area contributed by atoms with Crippen LogP contribution in [0.1, 0.15) is 49.1 Å². The Bertz CT molecular complexity index is 348. The van der Waals surface area contributed by atoms with Crippen molar-refractivity contribution in [1.29, 1.82) is 0 Å². The Morgan fingerprint density at radius 3 is 2.94 bits per heavy atom. The first-order valence-electron chi connectivity index (χ1n) is 6.53. The molecule has 0 aliphatic heterocycles. The highest BCUT2D eigenvalue weighted by molar-refractivity contribution is 7.99. The van der Waals surface area contributed by atoms with Crippen LogP contribution < -0.4 is 5.32 Å². The summed E-state index contributed by atoms with van der Waals surface area (Å²) in [6.07, 6.45) is 7.74. The summed E-state index contributed by atoms with van der Waals surface area (Å²) in [7, 11) is 0. The standard InChI is InChI=1S/C14H23NS2/c1-10-7-8-17-14(10)11(2)15-12-5-4-6-13(9-12)16-3/h7-8,11-13,15H,4-6,9H2,1-3H3. The number of thioether (sulfide) groups is 1. The summed E-state index contributed by atoms with van der Waals surface area (Å²) in [5.74, 6) is 0. The van der Waals surface area contributed by atoms with Crippen LogP contribution in [0.5, 0.6) is 0 Å². The highest BCUT2D eigenvalue weighted by atomic mass is 32.2. The lowest BCUT2D eigenvalue weighted by Crippen LogP contribution is -2.36. The third-order valence-electron chi connectivity index (χ3n) is 3.74. The van der Waals surface area contributed by atoms with Crippen molar-refractivity contribution in [3.05, 3.63) is 21.9 Å². The van der Waals surface area contributed by atoms with Crippen molar-refractivity contribution in [3.8, 4) is 0 Å².